The fourth-order valence-electron chi connectivity index (χ4n) is 2.70. The highest BCUT2D eigenvalue weighted by Crippen LogP contribution is 2.39. The number of benzene rings is 2. The van der Waals surface area contributed by atoms with Gasteiger partial charge in [-0.05, 0) is 54.7 Å². The molecule has 3 rings (SSSR count). The van der Waals surface area contributed by atoms with E-state index in [9.17, 15) is 0 Å². The molecule has 0 unspecified atom stereocenters. The third kappa shape index (κ3) is 3.30. The van der Waals surface area contributed by atoms with E-state index in [1.165, 1.54) is 5.56 Å². The first kappa shape index (κ1) is 14.6. The van der Waals surface area contributed by atoms with Crippen molar-refractivity contribution in [2.45, 2.75) is 24.8 Å². The lowest BCUT2D eigenvalue weighted by atomic mass is 9.76. The molecule has 1 N–H and O–H groups in total. The average molecular weight is 406 g/mol. The van der Waals surface area contributed by atoms with Crippen molar-refractivity contribution in [1.82, 2.24) is 0 Å². The second-order valence-corrected chi connectivity index (χ2v) is 7.19. The van der Waals surface area contributed by atoms with Gasteiger partial charge in [0, 0.05) is 15.0 Å². The van der Waals surface area contributed by atoms with Gasteiger partial charge in [0.15, 0.2) is 0 Å². The van der Waals surface area contributed by atoms with Crippen LogP contribution in [0, 0.1) is 11.3 Å². The molecule has 1 aliphatic carbocycles. The van der Waals surface area contributed by atoms with Crippen molar-refractivity contribution in [3.8, 4) is 6.07 Å². The molecule has 0 radical (unpaired) electrons. The van der Waals surface area contributed by atoms with Gasteiger partial charge in [-0.1, -0.05) is 44.0 Å². The molecule has 1 fully saturated rings. The highest BCUT2D eigenvalue weighted by molar-refractivity contribution is 9.10. The minimum Gasteiger partial charge on any atom is -0.381 e. The van der Waals surface area contributed by atoms with E-state index < -0.39 is 0 Å². The van der Waals surface area contributed by atoms with E-state index >= 15 is 0 Å². The summed E-state index contributed by atoms with van der Waals surface area (Å²) in [4.78, 5) is 0. The number of rotatable bonds is 3. The zero-order valence-corrected chi connectivity index (χ0v) is 14.5. The van der Waals surface area contributed by atoms with Crippen LogP contribution >= 0.6 is 31.9 Å². The van der Waals surface area contributed by atoms with Crippen molar-refractivity contribution in [3.05, 3.63) is 62.5 Å². The van der Waals surface area contributed by atoms with E-state index in [-0.39, 0.29) is 0 Å². The summed E-state index contributed by atoms with van der Waals surface area (Å²) in [7, 11) is 0. The van der Waals surface area contributed by atoms with Crippen LogP contribution in [0.3, 0.4) is 0 Å². The van der Waals surface area contributed by atoms with E-state index in [2.05, 4.69) is 67.5 Å². The first-order chi connectivity index (χ1) is 10.2. The number of nitriles is 1. The summed E-state index contributed by atoms with van der Waals surface area (Å²) >= 11 is 6.92. The standard InChI is InChI=1S/C17H14Br2N2/c18-14-4-1-11(2-5-14)13-7-16(8-13)21-17-9-15(19)6-3-12(17)10-20/h1-6,9,13,16,21H,7-8H2. The van der Waals surface area contributed by atoms with Gasteiger partial charge in [0.05, 0.1) is 11.3 Å². The van der Waals surface area contributed by atoms with Gasteiger partial charge in [-0.2, -0.15) is 5.26 Å². The lowest BCUT2D eigenvalue weighted by Gasteiger charge is -2.37. The smallest absolute Gasteiger partial charge is 0.101 e. The Morgan fingerprint density at radius 2 is 1.67 bits per heavy atom. The molecular weight excluding hydrogens is 392 g/mol. The molecule has 106 valence electrons. The van der Waals surface area contributed by atoms with Crippen LogP contribution in [0.15, 0.2) is 51.4 Å². The van der Waals surface area contributed by atoms with E-state index in [0.29, 0.717) is 17.5 Å². The van der Waals surface area contributed by atoms with Crippen molar-refractivity contribution in [2.24, 2.45) is 0 Å². The second-order valence-electron chi connectivity index (χ2n) is 5.36. The van der Waals surface area contributed by atoms with Crippen molar-refractivity contribution in [3.63, 3.8) is 0 Å². The third-order valence-electron chi connectivity index (χ3n) is 3.94. The van der Waals surface area contributed by atoms with Gasteiger partial charge in [-0.3, -0.25) is 0 Å². The summed E-state index contributed by atoms with van der Waals surface area (Å²) in [6.07, 6.45) is 2.22. The highest BCUT2D eigenvalue weighted by Gasteiger charge is 2.30. The van der Waals surface area contributed by atoms with Crippen molar-refractivity contribution in [2.75, 3.05) is 5.32 Å². The maximum Gasteiger partial charge on any atom is 0.101 e. The quantitative estimate of drug-likeness (QED) is 0.737. The van der Waals surface area contributed by atoms with Gasteiger partial charge < -0.3 is 5.32 Å². The topological polar surface area (TPSA) is 35.8 Å². The van der Waals surface area contributed by atoms with E-state index in [1.54, 1.807) is 0 Å². The first-order valence-electron chi connectivity index (χ1n) is 6.87. The predicted molar refractivity (Wildman–Crippen MR) is 92.4 cm³/mol. The van der Waals surface area contributed by atoms with Gasteiger partial charge in [0.2, 0.25) is 0 Å². The monoisotopic (exact) mass is 404 g/mol. The average Bonchev–Trinajstić information content (AvgIpc) is 2.44. The molecule has 0 atom stereocenters. The number of hydrogen-bond acceptors (Lipinski definition) is 2. The number of anilines is 1. The lowest BCUT2D eigenvalue weighted by molar-refractivity contribution is 0.374. The minimum absolute atomic E-state index is 0.444. The molecule has 0 spiro atoms. The molecule has 21 heavy (non-hydrogen) atoms. The predicted octanol–water partition coefficient (Wildman–Crippen LogP) is 5.44. The van der Waals surface area contributed by atoms with Crippen molar-refractivity contribution < 1.29 is 0 Å². The van der Waals surface area contributed by atoms with E-state index in [1.807, 2.05) is 18.2 Å². The summed E-state index contributed by atoms with van der Waals surface area (Å²) in [6.45, 7) is 0. The Labute approximate surface area is 141 Å². The van der Waals surface area contributed by atoms with E-state index in [0.717, 1.165) is 27.5 Å². The molecule has 0 aromatic heterocycles. The van der Waals surface area contributed by atoms with Crippen LogP contribution < -0.4 is 5.32 Å². The van der Waals surface area contributed by atoms with Crippen LogP contribution in [0.1, 0.15) is 29.9 Å². The SMILES string of the molecule is N#Cc1ccc(Br)cc1NC1CC(c2ccc(Br)cc2)C1. The van der Waals surface area contributed by atoms with Crippen LogP contribution in [0.4, 0.5) is 5.69 Å². The highest BCUT2D eigenvalue weighted by atomic mass is 79.9. The second kappa shape index (κ2) is 6.21. The molecule has 2 nitrogen and oxygen atoms in total. The van der Waals surface area contributed by atoms with Gasteiger partial charge in [0.25, 0.3) is 0 Å². The van der Waals surface area contributed by atoms with Gasteiger partial charge in [0.1, 0.15) is 6.07 Å². The molecule has 4 heteroatoms. The Morgan fingerprint density at radius 3 is 2.33 bits per heavy atom. The molecule has 0 saturated heterocycles. The van der Waals surface area contributed by atoms with Gasteiger partial charge >= 0.3 is 0 Å². The maximum absolute atomic E-state index is 9.16. The van der Waals surface area contributed by atoms with Crippen LogP contribution in [0.25, 0.3) is 0 Å². The Balaban J connectivity index is 1.64. The fourth-order valence-corrected chi connectivity index (χ4v) is 3.32. The number of nitrogens with one attached hydrogen (secondary N) is 1. The molecule has 0 heterocycles. The molecular formula is C17H14Br2N2. The molecule has 0 bridgehead atoms. The summed E-state index contributed by atoms with van der Waals surface area (Å²) in [5.74, 6) is 0.619. The van der Waals surface area contributed by atoms with Crippen LogP contribution in [-0.4, -0.2) is 6.04 Å². The molecule has 1 aliphatic rings. The van der Waals surface area contributed by atoms with E-state index in [4.69, 9.17) is 5.26 Å². The summed E-state index contributed by atoms with van der Waals surface area (Å²) in [6, 6.07) is 17.0. The summed E-state index contributed by atoms with van der Waals surface area (Å²) in [5, 5.41) is 12.6. The van der Waals surface area contributed by atoms with Crippen molar-refractivity contribution in [1.29, 1.82) is 5.26 Å². The first-order valence-corrected chi connectivity index (χ1v) is 8.46. The minimum atomic E-state index is 0.444. The molecule has 0 amide bonds. The van der Waals surface area contributed by atoms with Crippen LogP contribution in [-0.2, 0) is 0 Å². The zero-order chi connectivity index (χ0) is 14.8. The molecule has 1 saturated carbocycles. The zero-order valence-electron chi connectivity index (χ0n) is 11.3. The Hall–Kier alpha value is -1.31. The lowest BCUT2D eigenvalue weighted by Crippen LogP contribution is -2.34. The Morgan fingerprint density at radius 1 is 1.00 bits per heavy atom. The Kier molecular flexibility index (Phi) is 4.32. The largest absolute Gasteiger partial charge is 0.381 e. The number of nitrogens with zero attached hydrogens (tertiary/aromatic N) is 1. The molecule has 2 aromatic carbocycles. The third-order valence-corrected chi connectivity index (χ3v) is 4.96. The molecule has 0 aliphatic heterocycles. The van der Waals surface area contributed by atoms with Gasteiger partial charge in [-0.15, -0.1) is 0 Å². The number of halogens is 2. The summed E-state index contributed by atoms with van der Waals surface area (Å²) in [5.41, 5.74) is 3.02. The molecule has 2 aromatic rings. The maximum atomic E-state index is 9.16. The Bertz CT molecular complexity index is 683. The number of hydrogen-bond donors (Lipinski definition) is 1. The van der Waals surface area contributed by atoms with Gasteiger partial charge in [-0.25, -0.2) is 0 Å². The van der Waals surface area contributed by atoms with Crippen LogP contribution in [0.2, 0.25) is 0 Å². The van der Waals surface area contributed by atoms with Crippen molar-refractivity contribution >= 4 is 37.5 Å². The summed E-state index contributed by atoms with van der Waals surface area (Å²) < 4.78 is 2.11. The fraction of sp³-hybridized carbons (Fsp3) is 0.235. The normalized spacial score (nSPS) is 20.4. The van der Waals surface area contributed by atoms with Crippen LogP contribution in [0.5, 0.6) is 0 Å².